The number of hydrogen-bond acceptors (Lipinski definition) is 3. The highest BCUT2D eigenvalue weighted by molar-refractivity contribution is 7.98. The molecule has 0 saturated heterocycles. The maximum absolute atomic E-state index is 8.97. The van der Waals surface area contributed by atoms with E-state index in [0.717, 1.165) is 17.1 Å². The van der Waals surface area contributed by atoms with Crippen LogP contribution in [0, 0.1) is 17.8 Å². The smallest absolute Gasteiger partial charge is 0.0540 e. The molecule has 2 nitrogen and oxygen atoms in total. The molecule has 0 spiro atoms. The van der Waals surface area contributed by atoms with Gasteiger partial charge in [-0.15, -0.1) is 0 Å². The normalized spacial score (nSPS) is 11.7. The summed E-state index contributed by atoms with van der Waals surface area (Å²) in [7, 11) is 0. The van der Waals surface area contributed by atoms with Crippen LogP contribution in [-0.4, -0.2) is 29.2 Å². The van der Waals surface area contributed by atoms with Crippen molar-refractivity contribution < 1.29 is 10.2 Å². The number of aliphatic hydroxyl groups excluding tert-OH is 2. The van der Waals surface area contributed by atoms with Gasteiger partial charge in [0.15, 0.2) is 0 Å². The number of benzene rings is 1. The van der Waals surface area contributed by atoms with Crippen LogP contribution in [0.5, 0.6) is 0 Å². The van der Waals surface area contributed by atoms with Crippen molar-refractivity contribution in [1.29, 1.82) is 0 Å². The summed E-state index contributed by atoms with van der Waals surface area (Å²) in [5.41, 5.74) is 2.26. The van der Waals surface area contributed by atoms with E-state index in [1.165, 1.54) is 5.56 Å². The number of thioether (sulfide) groups is 1. The van der Waals surface area contributed by atoms with E-state index in [1.807, 2.05) is 36.9 Å². The van der Waals surface area contributed by atoms with Crippen molar-refractivity contribution >= 4 is 11.8 Å². The van der Waals surface area contributed by atoms with E-state index in [0.29, 0.717) is 12.3 Å². The van der Waals surface area contributed by atoms with Gasteiger partial charge in [0.25, 0.3) is 0 Å². The lowest BCUT2D eigenvalue weighted by Crippen LogP contribution is -2.03. The summed E-state index contributed by atoms with van der Waals surface area (Å²) in [5.74, 6) is 8.25. The highest BCUT2D eigenvalue weighted by Gasteiger charge is 2.02. The molecule has 0 fully saturated rings. The van der Waals surface area contributed by atoms with Gasteiger partial charge in [0, 0.05) is 24.3 Å². The van der Waals surface area contributed by atoms with E-state index < -0.39 is 0 Å². The fourth-order valence-electron chi connectivity index (χ4n) is 1.40. The van der Waals surface area contributed by atoms with Gasteiger partial charge in [0.2, 0.25) is 0 Å². The topological polar surface area (TPSA) is 40.5 Å². The molecule has 0 amide bonds. The SMILES string of the molecule is CC(CO)CSCc1ccccc1C#CCCO. The molecule has 0 aliphatic rings. The van der Waals surface area contributed by atoms with Crippen LogP contribution in [0.25, 0.3) is 0 Å². The average molecular weight is 264 g/mol. The van der Waals surface area contributed by atoms with Crippen molar-refractivity contribution in [2.75, 3.05) is 19.0 Å². The lowest BCUT2D eigenvalue weighted by atomic mass is 10.1. The summed E-state index contributed by atoms with van der Waals surface area (Å²) in [4.78, 5) is 0. The number of hydrogen-bond donors (Lipinski definition) is 2. The Hall–Kier alpha value is -0.950. The Balaban J connectivity index is 2.57. The third kappa shape index (κ3) is 5.59. The molecule has 0 heterocycles. The molecule has 0 aliphatic heterocycles. The van der Waals surface area contributed by atoms with Crippen LogP contribution in [0.2, 0.25) is 0 Å². The lowest BCUT2D eigenvalue weighted by Gasteiger charge is -2.08. The summed E-state index contributed by atoms with van der Waals surface area (Å²) in [6, 6.07) is 8.09. The average Bonchev–Trinajstić information content (AvgIpc) is 2.40. The summed E-state index contributed by atoms with van der Waals surface area (Å²) in [5, 5.41) is 17.7. The second-order valence-corrected chi connectivity index (χ2v) is 5.27. The van der Waals surface area contributed by atoms with Gasteiger partial charge in [-0.3, -0.25) is 0 Å². The summed E-state index contributed by atoms with van der Waals surface area (Å²) < 4.78 is 0. The molecular formula is C15H20O2S. The standard InChI is InChI=1S/C15H20O2S/c1-13(10-17)11-18-12-15-8-3-2-6-14(15)7-4-5-9-16/h2-3,6,8,13,16-17H,5,9-12H2,1H3. The van der Waals surface area contributed by atoms with E-state index in [1.54, 1.807) is 0 Å². The van der Waals surface area contributed by atoms with Crippen LogP contribution in [0.4, 0.5) is 0 Å². The molecule has 0 saturated carbocycles. The molecule has 0 radical (unpaired) electrons. The van der Waals surface area contributed by atoms with Crippen LogP contribution in [-0.2, 0) is 5.75 Å². The zero-order valence-corrected chi connectivity index (χ0v) is 11.5. The second kappa shape index (κ2) is 9.04. The molecule has 0 aliphatic carbocycles. The third-order valence-electron chi connectivity index (χ3n) is 2.45. The molecule has 2 N–H and O–H groups in total. The molecule has 0 aromatic heterocycles. The molecule has 1 atom stereocenters. The predicted molar refractivity (Wildman–Crippen MR) is 77.4 cm³/mol. The van der Waals surface area contributed by atoms with Gasteiger partial charge in [-0.2, -0.15) is 11.8 Å². The van der Waals surface area contributed by atoms with Gasteiger partial charge in [-0.1, -0.05) is 37.0 Å². The van der Waals surface area contributed by atoms with Crippen molar-refractivity contribution in [2.24, 2.45) is 5.92 Å². The minimum Gasteiger partial charge on any atom is -0.396 e. The zero-order valence-electron chi connectivity index (χ0n) is 10.7. The minimum atomic E-state index is 0.109. The van der Waals surface area contributed by atoms with Gasteiger partial charge >= 0.3 is 0 Å². The molecule has 1 unspecified atom stereocenters. The Labute approximate surface area is 113 Å². The zero-order chi connectivity index (χ0) is 13.2. The Morgan fingerprint density at radius 1 is 1.28 bits per heavy atom. The second-order valence-electron chi connectivity index (χ2n) is 4.24. The Morgan fingerprint density at radius 3 is 2.78 bits per heavy atom. The van der Waals surface area contributed by atoms with Crippen molar-refractivity contribution in [3.8, 4) is 11.8 Å². The van der Waals surface area contributed by atoms with Gasteiger partial charge in [0.05, 0.1) is 6.61 Å². The Morgan fingerprint density at radius 2 is 2.06 bits per heavy atom. The molecule has 3 heteroatoms. The highest BCUT2D eigenvalue weighted by atomic mass is 32.2. The van der Waals surface area contributed by atoms with E-state index in [4.69, 9.17) is 10.2 Å². The minimum absolute atomic E-state index is 0.109. The fraction of sp³-hybridized carbons (Fsp3) is 0.467. The van der Waals surface area contributed by atoms with Crippen LogP contribution in [0.15, 0.2) is 24.3 Å². The Kier molecular flexibility index (Phi) is 7.59. The van der Waals surface area contributed by atoms with Crippen LogP contribution in [0.1, 0.15) is 24.5 Å². The molecular weight excluding hydrogens is 244 g/mol. The first-order chi connectivity index (χ1) is 8.77. The number of rotatable bonds is 6. The third-order valence-corrected chi connectivity index (χ3v) is 3.77. The van der Waals surface area contributed by atoms with E-state index in [2.05, 4.69) is 17.9 Å². The Bertz CT molecular complexity index is 406. The fourth-order valence-corrected chi connectivity index (χ4v) is 2.50. The van der Waals surface area contributed by atoms with Crippen molar-refractivity contribution in [3.63, 3.8) is 0 Å². The predicted octanol–water partition coefficient (Wildman–Crippen LogP) is 2.28. The first-order valence-corrected chi connectivity index (χ1v) is 7.29. The molecule has 98 valence electrons. The van der Waals surface area contributed by atoms with Crippen molar-refractivity contribution in [2.45, 2.75) is 19.1 Å². The number of aliphatic hydroxyl groups is 2. The molecule has 0 bridgehead atoms. The first kappa shape index (κ1) is 15.1. The highest BCUT2D eigenvalue weighted by Crippen LogP contribution is 2.18. The lowest BCUT2D eigenvalue weighted by molar-refractivity contribution is 0.250. The van der Waals surface area contributed by atoms with Gasteiger partial charge < -0.3 is 10.2 Å². The van der Waals surface area contributed by atoms with Crippen LogP contribution >= 0.6 is 11.8 Å². The monoisotopic (exact) mass is 264 g/mol. The van der Waals surface area contributed by atoms with Gasteiger partial charge in [0.1, 0.15) is 0 Å². The largest absolute Gasteiger partial charge is 0.396 e. The summed E-state index contributed by atoms with van der Waals surface area (Å²) in [6.07, 6.45) is 0.517. The summed E-state index contributed by atoms with van der Waals surface area (Å²) in [6.45, 7) is 2.39. The maximum atomic E-state index is 8.97. The van der Waals surface area contributed by atoms with Gasteiger partial charge in [-0.05, 0) is 23.3 Å². The van der Waals surface area contributed by atoms with Crippen LogP contribution in [0.3, 0.4) is 0 Å². The van der Waals surface area contributed by atoms with Gasteiger partial charge in [-0.25, -0.2) is 0 Å². The molecule has 1 rings (SSSR count). The molecule has 1 aromatic carbocycles. The maximum Gasteiger partial charge on any atom is 0.0540 e. The van der Waals surface area contributed by atoms with Crippen molar-refractivity contribution in [1.82, 2.24) is 0 Å². The quantitative estimate of drug-likeness (QED) is 0.775. The van der Waals surface area contributed by atoms with E-state index in [-0.39, 0.29) is 13.2 Å². The van der Waals surface area contributed by atoms with Crippen LogP contribution < -0.4 is 0 Å². The first-order valence-electron chi connectivity index (χ1n) is 6.14. The van der Waals surface area contributed by atoms with E-state index >= 15 is 0 Å². The van der Waals surface area contributed by atoms with E-state index in [9.17, 15) is 0 Å². The molecule has 1 aromatic rings. The molecule has 18 heavy (non-hydrogen) atoms. The summed E-state index contributed by atoms with van der Waals surface area (Å²) >= 11 is 1.82. The van der Waals surface area contributed by atoms with Crippen molar-refractivity contribution in [3.05, 3.63) is 35.4 Å².